The summed E-state index contributed by atoms with van der Waals surface area (Å²) >= 11 is 0. The molecule has 4 nitrogen and oxygen atoms in total. The van der Waals surface area contributed by atoms with E-state index in [9.17, 15) is 9.59 Å². The third kappa shape index (κ3) is 7.54. The molecule has 0 amide bonds. The highest BCUT2D eigenvalue weighted by Crippen LogP contribution is 2.06. The molecule has 0 heterocycles. The first-order chi connectivity index (χ1) is 7.47. The standard InChI is InChI=1S/C12H24N2O2/c1-10(5-7-13-2)12(16)9-11(15)6-8-14(3)4/h10,13H,5-9H2,1-4H3. The van der Waals surface area contributed by atoms with Crippen molar-refractivity contribution in [3.05, 3.63) is 0 Å². The van der Waals surface area contributed by atoms with E-state index in [1.54, 1.807) is 0 Å². The van der Waals surface area contributed by atoms with E-state index in [2.05, 4.69) is 5.32 Å². The van der Waals surface area contributed by atoms with E-state index in [4.69, 9.17) is 0 Å². The molecule has 0 rings (SSSR count). The Morgan fingerprint density at radius 3 is 2.44 bits per heavy atom. The monoisotopic (exact) mass is 228 g/mol. The Labute approximate surface area is 98.4 Å². The molecule has 0 aromatic heterocycles. The van der Waals surface area contributed by atoms with Gasteiger partial charge in [0, 0.05) is 18.9 Å². The average Bonchev–Trinajstić information content (AvgIpc) is 2.22. The Hall–Kier alpha value is -0.740. The molecule has 0 fully saturated rings. The van der Waals surface area contributed by atoms with Gasteiger partial charge in [0.15, 0.2) is 0 Å². The van der Waals surface area contributed by atoms with Crippen LogP contribution in [0.15, 0.2) is 0 Å². The lowest BCUT2D eigenvalue weighted by atomic mass is 9.97. The molecule has 0 saturated carbocycles. The molecule has 94 valence electrons. The van der Waals surface area contributed by atoms with Gasteiger partial charge in [0.25, 0.3) is 0 Å². The van der Waals surface area contributed by atoms with Gasteiger partial charge in [-0.15, -0.1) is 0 Å². The first-order valence-electron chi connectivity index (χ1n) is 5.81. The van der Waals surface area contributed by atoms with Crippen LogP contribution in [-0.2, 0) is 9.59 Å². The molecular weight excluding hydrogens is 204 g/mol. The SMILES string of the molecule is CNCCC(C)C(=O)CC(=O)CCN(C)C. The maximum atomic E-state index is 11.6. The second kappa shape index (κ2) is 8.42. The van der Waals surface area contributed by atoms with Gasteiger partial charge in [-0.1, -0.05) is 6.92 Å². The highest BCUT2D eigenvalue weighted by atomic mass is 16.1. The predicted octanol–water partition coefficient (Wildman–Crippen LogP) is 0.712. The summed E-state index contributed by atoms with van der Waals surface area (Å²) in [4.78, 5) is 25.1. The van der Waals surface area contributed by atoms with Crippen LogP contribution in [0.2, 0.25) is 0 Å². The number of carbonyl (C=O) groups excluding carboxylic acids is 2. The summed E-state index contributed by atoms with van der Waals surface area (Å²) in [5.74, 6) is 0.102. The topological polar surface area (TPSA) is 49.4 Å². The number of carbonyl (C=O) groups is 2. The Morgan fingerprint density at radius 1 is 1.31 bits per heavy atom. The van der Waals surface area contributed by atoms with Gasteiger partial charge in [-0.3, -0.25) is 9.59 Å². The molecule has 1 unspecified atom stereocenters. The number of ketones is 2. The van der Waals surface area contributed by atoms with Crippen LogP contribution in [0.5, 0.6) is 0 Å². The van der Waals surface area contributed by atoms with Gasteiger partial charge >= 0.3 is 0 Å². The van der Waals surface area contributed by atoms with E-state index < -0.39 is 0 Å². The normalized spacial score (nSPS) is 12.8. The minimum absolute atomic E-state index is 0.0178. The lowest BCUT2D eigenvalue weighted by molar-refractivity contribution is -0.129. The fraction of sp³-hybridized carbons (Fsp3) is 0.833. The van der Waals surface area contributed by atoms with Crippen molar-refractivity contribution in [2.45, 2.75) is 26.2 Å². The predicted molar refractivity (Wildman–Crippen MR) is 65.5 cm³/mol. The Bertz CT molecular complexity index is 227. The van der Waals surface area contributed by atoms with Crippen LogP contribution in [-0.4, -0.2) is 50.7 Å². The summed E-state index contributed by atoms with van der Waals surface area (Å²) in [6, 6.07) is 0. The van der Waals surface area contributed by atoms with Crippen LogP contribution >= 0.6 is 0 Å². The number of nitrogens with one attached hydrogen (secondary N) is 1. The fourth-order valence-electron chi connectivity index (χ4n) is 1.33. The van der Waals surface area contributed by atoms with Crippen molar-refractivity contribution in [3.8, 4) is 0 Å². The highest BCUT2D eigenvalue weighted by molar-refractivity contribution is 5.99. The van der Waals surface area contributed by atoms with Gasteiger partial charge in [0.1, 0.15) is 11.6 Å². The molecule has 1 N–H and O–H groups in total. The molecule has 0 spiro atoms. The first-order valence-corrected chi connectivity index (χ1v) is 5.81. The molecule has 0 aliphatic carbocycles. The van der Waals surface area contributed by atoms with Crippen molar-refractivity contribution >= 4 is 11.6 Å². The lowest BCUT2D eigenvalue weighted by Gasteiger charge is -2.11. The largest absolute Gasteiger partial charge is 0.320 e. The fourth-order valence-corrected chi connectivity index (χ4v) is 1.33. The van der Waals surface area contributed by atoms with Crippen LogP contribution in [0.3, 0.4) is 0 Å². The van der Waals surface area contributed by atoms with Crippen LogP contribution in [0, 0.1) is 5.92 Å². The maximum absolute atomic E-state index is 11.6. The van der Waals surface area contributed by atoms with E-state index in [0.717, 1.165) is 19.5 Å². The minimum Gasteiger partial charge on any atom is -0.320 e. The van der Waals surface area contributed by atoms with Crippen molar-refractivity contribution in [2.24, 2.45) is 5.92 Å². The minimum atomic E-state index is -0.0178. The third-order valence-corrected chi connectivity index (χ3v) is 2.59. The summed E-state index contributed by atoms with van der Waals surface area (Å²) < 4.78 is 0. The van der Waals surface area contributed by atoms with Crippen molar-refractivity contribution in [2.75, 3.05) is 34.2 Å². The second-order valence-electron chi connectivity index (χ2n) is 4.53. The van der Waals surface area contributed by atoms with Crippen LogP contribution in [0.1, 0.15) is 26.2 Å². The highest BCUT2D eigenvalue weighted by Gasteiger charge is 2.16. The van der Waals surface area contributed by atoms with Gasteiger partial charge in [-0.25, -0.2) is 0 Å². The van der Waals surface area contributed by atoms with E-state index in [1.165, 1.54) is 0 Å². The summed E-state index contributed by atoms with van der Waals surface area (Å²) in [6.07, 6.45) is 1.37. The van der Waals surface area contributed by atoms with Crippen LogP contribution < -0.4 is 5.32 Å². The lowest BCUT2D eigenvalue weighted by Crippen LogP contribution is -2.22. The first kappa shape index (κ1) is 15.3. The molecule has 0 aliphatic rings. The Morgan fingerprint density at radius 2 is 1.94 bits per heavy atom. The number of rotatable bonds is 9. The van der Waals surface area contributed by atoms with E-state index in [-0.39, 0.29) is 23.9 Å². The molecule has 4 heteroatoms. The number of nitrogens with zero attached hydrogens (tertiary/aromatic N) is 1. The summed E-state index contributed by atoms with van der Waals surface area (Å²) in [6.45, 7) is 3.43. The van der Waals surface area contributed by atoms with Gasteiger partial charge in [-0.2, -0.15) is 0 Å². The molecule has 1 atom stereocenters. The Kier molecular flexibility index (Phi) is 8.03. The number of hydrogen-bond acceptors (Lipinski definition) is 4. The zero-order valence-electron chi connectivity index (χ0n) is 10.9. The second-order valence-corrected chi connectivity index (χ2v) is 4.53. The molecule has 0 aliphatic heterocycles. The van der Waals surface area contributed by atoms with Gasteiger partial charge < -0.3 is 10.2 Å². The smallest absolute Gasteiger partial charge is 0.143 e. The van der Waals surface area contributed by atoms with Crippen molar-refractivity contribution < 1.29 is 9.59 Å². The molecular formula is C12H24N2O2. The zero-order valence-corrected chi connectivity index (χ0v) is 10.9. The van der Waals surface area contributed by atoms with Crippen molar-refractivity contribution in [1.29, 1.82) is 0 Å². The summed E-state index contributed by atoms with van der Waals surface area (Å²) in [5, 5.41) is 3.00. The Balaban J connectivity index is 3.80. The summed E-state index contributed by atoms with van der Waals surface area (Å²) in [7, 11) is 5.70. The third-order valence-electron chi connectivity index (χ3n) is 2.59. The molecule has 0 radical (unpaired) electrons. The molecule has 16 heavy (non-hydrogen) atoms. The molecule has 0 bridgehead atoms. The van der Waals surface area contributed by atoms with E-state index in [1.807, 2.05) is 33.0 Å². The number of Topliss-reactive ketones (excluding diaryl/α,β-unsaturated/α-hetero) is 2. The van der Waals surface area contributed by atoms with Crippen molar-refractivity contribution in [1.82, 2.24) is 10.2 Å². The van der Waals surface area contributed by atoms with E-state index in [0.29, 0.717) is 6.42 Å². The molecule has 0 aromatic rings. The van der Waals surface area contributed by atoms with Crippen LogP contribution in [0.4, 0.5) is 0 Å². The average molecular weight is 228 g/mol. The zero-order chi connectivity index (χ0) is 12.6. The van der Waals surface area contributed by atoms with Crippen molar-refractivity contribution in [3.63, 3.8) is 0 Å². The number of hydrogen-bond donors (Lipinski definition) is 1. The quantitative estimate of drug-likeness (QED) is 0.591. The van der Waals surface area contributed by atoms with Gasteiger partial charge in [0.2, 0.25) is 0 Å². The van der Waals surface area contributed by atoms with Gasteiger partial charge in [-0.05, 0) is 34.1 Å². The maximum Gasteiger partial charge on any atom is 0.143 e. The summed E-state index contributed by atoms with van der Waals surface area (Å²) in [5.41, 5.74) is 0. The van der Waals surface area contributed by atoms with E-state index >= 15 is 0 Å². The molecule has 0 saturated heterocycles. The van der Waals surface area contributed by atoms with Crippen LogP contribution in [0.25, 0.3) is 0 Å². The molecule has 0 aromatic carbocycles. The van der Waals surface area contributed by atoms with Gasteiger partial charge in [0.05, 0.1) is 6.42 Å².